The summed E-state index contributed by atoms with van der Waals surface area (Å²) in [7, 11) is -1.47. The fraction of sp³-hybridized carbons (Fsp3) is 0.235. The third kappa shape index (κ3) is 4.76. The number of rotatable bonds is 7. The van der Waals surface area contributed by atoms with Gasteiger partial charge in [-0.05, 0) is 42.6 Å². The molecule has 2 heterocycles. The van der Waals surface area contributed by atoms with Gasteiger partial charge in [-0.1, -0.05) is 17.8 Å². The average molecular weight is 423 g/mol. The first-order valence-corrected chi connectivity index (χ1v) is 11.6. The number of hydrogen-bond donors (Lipinski definition) is 1. The van der Waals surface area contributed by atoms with Crippen molar-refractivity contribution < 1.29 is 13.2 Å². The molecular weight excluding hydrogens is 404 g/mol. The van der Waals surface area contributed by atoms with Crippen molar-refractivity contribution in [3.63, 3.8) is 0 Å². The Morgan fingerprint density at radius 3 is 2.52 bits per heavy atom. The molecule has 1 N–H and O–H groups in total. The van der Waals surface area contributed by atoms with Crippen LogP contribution >= 0.6 is 23.1 Å². The number of sulfonamides is 1. The van der Waals surface area contributed by atoms with Gasteiger partial charge in [0.05, 0.1) is 16.4 Å². The van der Waals surface area contributed by atoms with Crippen LogP contribution in [0.2, 0.25) is 0 Å². The molecule has 0 unspecified atom stereocenters. The summed E-state index contributed by atoms with van der Waals surface area (Å²) in [4.78, 5) is 13.7. The lowest BCUT2D eigenvalue weighted by molar-refractivity contribution is 0.0994. The Hall–Kier alpha value is -2.17. The summed E-state index contributed by atoms with van der Waals surface area (Å²) in [6, 6.07) is 10.3. The van der Waals surface area contributed by atoms with Crippen molar-refractivity contribution in [2.45, 2.75) is 17.3 Å². The smallest absolute Gasteiger partial charge is 0.229 e. The number of nitrogens with one attached hydrogen (secondary N) is 1. The molecule has 10 heteroatoms. The van der Waals surface area contributed by atoms with E-state index in [4.69, 9.17) is 0 Å². The second kappa shape index (κ2) is 7.83. The van der Waals surface area contributed by atoms with Crippen LogP contribution in [0.15, 0.2) is 46.9 Å². The molecule has 0 saturated heterocycles. The van der Waals surface area contributed by atoms with Crippen molar-refractivity contribution >= 4 is 44.6 Å². The molecule has 27 heavy (non-hydrogen) atoms. The Kier molecular flexibility index (Phi) is 5.68. The number of benzene rings is 1. The molecule has 0 bridgehead atoms. The zero-order valence-electron chi connectivity index (χ0n) is 14.9. The van der Waals surface area contributed by atoms with Crippen LogP contribution in [0.5, 0.6) is 0 Å². The van der Waals surface area contributed by atoms with Crippen molar-refractivity contribution in [3.05, 3.63) is 47.3 Å². The van der Waals surface area contributed by atoms with Gasteiger partial charge in [-0.25, -0.2) is 8.42 Å². The van der Waals surface area contributed by atoms with Gasteiger partial charge in [-0.2, -0.15) is 0 Å². The highest BCUT2D eigenvalue weighted by molar-refractivity contribution is 8.00. The van der Waals surface area contributed by atoms with Gasteiger partial charge in [-0.3, -0.25) is 9.52 Å². The Labute approximate surface area is 165 Å². The van der Waals surface area contributed by atoms with Crippen LogP contribution in [0.3, 0.4) is 0 Å². The lowest BCUT2D eigenvalue weighted by Crippen LogP contribution is -2.15. The average Bonchev–Trinajstić information content (AvgIpc) is 3.24. The van der Waals surface area contributed by atoms with E-state index < -0.39 is 10.0 Å². The van der Waals surface area contributed by atoms with E-state index in [0.29, 0.717) is 16.4 Å². The Morgan fingerprint density at radius 2 is 1.93 bits per heavy atom. The third-order valence-electron chi connectivity index (χ3n) is 3.70. The lowest BCUT2D eigenvalue weighted by atomic mass is 10.1. The number of Topliss-reactive ketones (excluding diaryl/α,β-unsaturated/α-hetero) is 1. The molecular formula is C17H18N4O3S3. The van der Waals surface area contributed by atoms with Crippen LogP contribution in [-0.2, 0) is 17.1 Å². The monoisotopic (exact) mass is 422 g/mol. The standard InChI is InChI=1S/C17H18N4O3S3/c1-11(15(22)12-6-8-13(9-7-12)20-27(3,23)24)26-17-19-18-16(21(17)2)14-5-4-10-25-14/h4-11,20H,1-3H3/t11-/m0/s1. The zero-order valence-corrected chi connectivity index (χ0v) is 17.4. The summed E-state index contributed by atoms with van der Waals surface area (Å²) in [5.74, 6) is 0.704. The summed E-state index contributed by atoms with van der Waals surface area (Å²) >= 11 is 2.92. The molecule has 142 valence electrons. The quantitative estimate of drug-likeness (QED) is 0.464. The van der Waals surface area contributed by atoms with Gasteiger partial charge in [0, 0.05) is 18.3 Å². The van der Waals surface area contributed by atoms with E-state index >= 15 is 0 Å². The van der Waals surface area contributed by atoms with Crippen molar-refractivity contribution in [2.75, 3.05) is 11.0 Å². The minimum absolute atomic E-state index is 0.0634. The van der Waals surface area contributed by atoms with Crippen LogP contribution in [-0.4, -0.2) is 40.5 Å². The number of carbonyl (C=O) groups excluding carboxylic acids is 1. The molecule has 0 aliphatic carbocycles. The Balaban J connectivity index is 1.71. The van der Waals surface area contributed by atoms with Crippen LogP contribution in [0.4, 0.5) is 5.69 Å². The summed E-state index contributed by atoms with van der Waals surface area (Å²) in [6.07, 6.45) is 1.08. The molecule has 0 spiro atoms. The molecule has 0 aliphatic rings. The lowest BCUT2D eigenvalue weighted by Gasteiger charge is -2.11. The minimum Gasteiger partial charge on any atom is -0.304 e. The van der Waals surface area contributed by atoms with Gasteiger partial charge in [0.1, 0.15) is 0 Å². The van der Waals surface area contributed by atoms with Crippen molar-refractivity contribution in [3.8, 4) is 10.7 Å². The van der Waals surface area contributed by atoms with Crippen LogP contribution in [0, 0.1) is 0 Å². The first-order chi connectivity index (χ1) is 12.7. The highest BCUT2D eigenvalue weighted by atomic mass is 32.2. The molecule has 1 atom stereocenters. The van der Waals surface area contributed by atoms with E-state index in [1.807, 2.05) is 36.1 Å². The molecule has 0 amide bonds. The number of thiophene rings is 1. The number of nitrogens with zero attached hydrogens (tertiary/aromatic N) is 3. The van der Waals surface area contributed by atoms with Gasteiger partial charge in [-0.15, -0.1) is 21.5 Å². The minimum atomic E-state index is -3.34. The van der Waals surface area contributed by atoms with Gasteiger partial charge in [0.25, 0.3) is 0 Å². The molecule has 0 saturated carbocycles. The largest absolute Gasteiger partial charge is 0.304 e. The first kappa shape index (κ1) is 19.6. The van der Waals surface area contributed by atoms with Gasteiger partial charge >= 0.3 is 0 Å². The predicted octanol–water partition coefficient (Wildman–Crippen LogP) is 3.28. The maximum absolute atomic E-state index is 12.7. The van der Waals surface area contributed by atoms with Crippen molar-refractivity contribution in [2.24, 2.45) is 7.05 Å². The fourth-order valence-corrected chi connectivity index (χ4v) is 4.60. The number of thioether (sulfide) groups is 1. The van der Waals surface area contributed by atoms with E-state index in [-0.39, 0.29) is 11.0 Å². The Bertz CT molecular complexity index is 1040. The maximum Gasteiger partial charge on any atom is 0.229 e. The molecule has 3 aromatic rings. The molecule has 0 aliphatic heterocycles. The maximum atomic E-state index is 12.7. The number of aromatic nitrogens is 3. The van der Waals surface area contributed by atoms with E-state index in [1.165, 1.54) is 11.8 Å². The first-order valence-electron chi connectivity index (χ1n) is 7.96. The second-order valence-corrected chi connectivity index (χ2v) is 9.92. The molecule has 7 nitrogen and oxygen atoms in total. The van der Waals surface area contributed by atoms with Crippen molar-refractivity contribution in [1.29, 1.82) is 0 Å². The van der Waals surface area contributed by atoms with Crippen LogP contribution in [0.1, 0.15) is 17.3 Å². The summed E-state index contributed by atoms with van der Waals surface area (Å²) in [5.41, 5.74) is 0.929. The molecule has 0 fully saturated rings. The number of anilines is 1. The van der Waals surface area contributed by atoms with Gasteiger partial charge in [0.15, 0.2) is 16.8 Å². The summed E-state index contributed by atoms with van der Waals surface area (Å²) < 4.78 is 26.8. The highest BCUT2D eigenvalue weighted by Crippen LogP contribution is 2.29. The number of ketones is 1. The van der Waals surface area contributed by atoms with Crippen LogP contribution in [0.25, 0.3) is 10.7 Å². The van der Waals surface area contributed by atoms with Gasteiger partial charge in [0.2, 0.25) is 10.0 Å². The summed E-state index contributed by atoms with van der Waals surface area (Å²) in [6.45, 7) is 1.81. The van der Waals surface area contributed by atoms with E-state index in [1.54, 1.807) is 35.6 Å². The Morgan fingerprint density at radius 1 is 1.22 bits per heavy atom. The fourth-order valence-electron chi connectivity index (χ4n) is 2.40. The predicted molar refractivity (Wildman–Crippen MR) is 109 cm³/mol. The molecule has 2 aromatic heterocycles. The third-order valence-corrected chi connectivity index (χ3v) is 6.31. The highest BCUT2D eigenvalue weighted by Gasteiger charge is 2.21. The molecule has 0 radical (unpaired) electrons. The second-order valence-electron chi connectivity index (χ2n) is 5.92. The number of hydrogen-bond acceptors (Lipinski definition) is 7. The molecule has 3 rings (SSSR count). The van der Waals surface area contributed by atoms with Crippen molar-refractivity contribution in [1.82, 2.24) is 14.8 Å². The normalized spacial score (nSPS) is 12.7. The zero-order chi connectivity index (χ0) is 19.6. The van der Waals surface area contributed by atoms with E-state index in [2.05, 4.69) is 14.9 Å². The van der Waals surface area contributed by atoms with E-state index in [9.17, 15) is 13.2 Å². The summed E-state index contributed by atoms with van der Waals surface area (Å²) in [5, 5.41) is 10.7. The topological polar surface area (TPSA) is 93.9 Å². The van der Waals surface area contributed by atoms with E-state index in [0.717, 1.165) is 17.0 Å². The molecule has 1 aromatic carbocycles. The number of carbonyl (C=O) groups is 1. The van der Waals surface area contributed by atoms with Gasteiger partial charge < -0.3 is 4.57 Å². The van der Waals surface area contributed by atoms with Crippen LogP contribution < -0.4 is 4.72 Å². The SMILES string of the molecule is C[C@H](Sc1nnc(-c2cccs2)n1C)C(=O)c1ccc(NS(C)(=O)=O)cc1.